The zero-order valence-corrected chi connectivity index (χ0v) is 23.7. The molecular weight excluding hydrogens is 520 g/mol. The van der Waals surface area contributed by atoms with Crippen LogP contribution in [0.15, 0.2) is 33.8 Å². The van der Waals surface area contributed by atoms with Crippen LogP contribution in [0.4, 0.5) is 0 Å². The largest absolute Gasteiger partial charge is 0.481 e. The molecular formula is C26H40O9S2. The van der Waals surface area contributed by atoms with Crippen molar-refractivity contribution in [3.8, 4) is 0 Å². The fourth-order valence-electron chi connectivity index (χ4n) is 3.31. The Hall–Kier alpha value is -2.08. The molecule has 0 fully saturated rings. The van der Waals surface area contributed by atoms with Crippen molar-refractivity contribution >= 4 is 48.1 Å². The molecule has 37 heavy (non-hydrogen) atoms. The van der Waals surface area contributed by atoms with Gasteiger partial charge in [-0.1, -0.05) is 5.57 Å². The van der Waals surface area contributed by atoms with Crippen molar-refractivity contribution in [3.63, 3.8) is 0 Å². The molecule has 2 rings (SSSR count). The highest BCUT2D eigenvalue weighted by atomic mass is 32.2. The van der Waals surface area contributed by atoms with Crippen LogP contribution in [0.5, 0.6) is 0 Å². The van der Waals surface area contributed by atoms with Crippen LogP contribution >= 0.6 is 24.4 Å². The minimum Gasteiger partial charge on any atom is -0.481 e. The summed E-state index contributed by atoms with van der Waals surface area (Å²) >= 11 is 5.29. The summed E-state index contributed by atoms with van der Waals surface area (Å²) in [5.74, 6) is -0.209. The molecule has 1 atom stereocenters. The van der Waals surface area contributed by atoms with Gasteiger partial charge in [-0.2, -0.15) is 12.6 Å². The number of carbonyl (C=O) groups is 4. The summed E-state index contributed by atoms with van der Waals surface area (Å²) in [6.45, 7) is 8.06. The van der Waals surface area contributed by atoms with Crippen LogP contribution in [0.25, 0.3) is 0 Å². The van der Waals surface area contributed by atoms with E-state index >= 15 is 0 Å². The Morgan fingerprint density at radius 1 is 1.08 bits per heavy atom. The van der Waals surface area contributed by atoms with Gasteiger partial charge in [0.1, 0.15) is 0 Å². The van der Waals surface area contributed by atoms with Crippen molar-refractivity contribution in [2.45, 2.75) is 72.5 Å². The first kappa shape index (κ1) is 34.9. The minimum atomic E-state index is -1.18. The van der Waals surface area contributed by atoms with E-state index in [0.717, 1.165) is 28.0 Å². The maximum absolute atomic E-state index is 11.6. The molecule has 0 aliphatic heterocycles. The van der Waals surface area contributed by atoms with Crippen LogP contribution in [0.3, 0.4) is 0 Å². The number of hydrogen-bond acceptors (Lipinski definition) is 10. The van der Waals surface area contributed by atoms with Crippen LogP contribution in [0, 0.1) is 5.92 Å². The molecule has 0 saturated heterocycles. The molecule has 0 aromatic rings. The molecule has 9 nitrogen and oxygen atoms in total. The van der Waals surface area contributed by atoms with E-state index in [1.54, 1.807) is 38.6 Å². The van der Waals surface area contributed by atoms with Crippen LogP contribution in [-0.4, -0.2) is 70.0 Å². The quantitative estimate of drug-likeness (QED) is 0.176. The summed E-state index contributed by atoms with van der Waals surface area (Å²) in [4.78, 5) is 45.5. The van der Waals surface area contributed by atoms with Gasteiger partial charge in [0.25, 0.3) is 0 Å². The first-order valence-electron chi connectivity index (χ1n) is 12.2. The predicted octanol–water partition coefficient (Wildman–Crippen LogP) is 3.84. The summed E-state index contributed by atoms with van der Waals surface area (Å²) < 4.78 is 9.88. The van der Waals surface area contributed by atoms with Gasteiger partial charge in [0.05, 0.1) is 25.6 Å². The SMILES string of the molecule is CCOC(=O)C1=C(C)C=C(SCCC(=O)O)CC1.CCOC(=O)C1CCC(=O)C=C1C.OC(O)CCS. The lowest BCUT2D eigenvalue weighted by Crippen LogP contribution is -2.23. The number of ketones is 1. The Kier molecular flexibility index (Phi) is 18.8. The van der Waals surface area contributed by atoms with Crippen molar-refractivity contribution in [2.24, 2.45) is 5.92 Å². The van der Waals surface area contributed by atoms with E-state index in [4.69, 9.17) is 24.8 Å². The third kappa shape index (κ3) is 15.7. The summed E-state index contributed by atoms with van der Waals surface area (Å²) in [5, 5.41) is 24.7. The second kappa shape index (κ2) is 20.0. The minimum absolute atomic E-state index is 0.109. The molecule has 0 spiro atoms. The Bertz CT molecular complexity index is 860. The van der Waals surface area contributed by atoms with Crippen molar-refractivity contribution < 1.29 is 44.0 Å². The molecule has 0 amide bonds. The topological polar surface area (TPSA) is 147 Å². The Labute approximate surface area is 228 Å². The van der Waals surface area contributed by atoms with Gasteiger partial charge in [-0.3, -0.25) is 14.4 Å². The number of ether oxygens (including phenoxy) is 2. The first-order valence-corrected chi connectivity index (χ1v) is 13.8. The number of aliphatic hydroxyl groups excluding tert-OH is 1. The number of aliphatic carboxylic acids is 1. The lowest BCUT2D eigenvalue weighted by atomic mass is 9.88. The summed E-state index contributed by atoms with van der Waals surface area (Å²) in [6, 6.07) is 0. The number of carboxylic acid groups (broad SMARTS) is 1. The third-order valence-corrected chi connectivity index (χ3v) is 6.54. The highest BCUT2D eigenvalue weighted by Gasteiger charge is 2.26. The second-order valence-electron chi connectivity index (χ2n) is 8.18. The van der Waals surface area contributed by atoms with Crippen molar-refractivity contribution in [1.29, 1.82) is 0 Å². The zero-order chi connectivity index (χ0) is 28.4. The normalized spacial score (nSPS) is 17.0. The number of esters is 2. The Morgan fingerprint density at radius 3 is 2.19 bits per heavy atom. The predicted molar refractivity (Wildman–Crippen MR) is 146 cm³/mol. The fourth-order valence-corrected chi connectivity index (χ4v) is 4.59. The lowest BCUT2D eigenvalue weighted by molar-refractivity contribution is -0.147. The highest BCUT2D eigenvalue weighted by Crippen LogP contribution is 2.31. The van der Waals surface area contributed by atoms with Gasteiger partial charge < -0.3 is 24.8 Å². The average molecular weight is 561 g/mol. The van der Waals surface area contributed by atoms with E-state index < -0.39 is 12.3 Å². The Morgan fingerprint density at radius 2 is 1.73 bits per heavy atom. The van der Waals surface area contributed by atoms with Gasteiger partial charge in [-0.15, -0.1) is 11.8 Å². The number of thiol groups is 1. The van der Waals surface area contributed by atoms with Crippen LogP contribution in [-0.2, 0) is 28.7 Å². The van der Waals surface area contributed by atoms with Crippen LogP contribution in [0.2, 0.25) is 0 Å². The summed E-state index contributed by atoms with van der Waals surface area (Å²) in [5.41, 5.74) is 2.49. The summed E-state index contributed by atoms with van der Waals surface area (Å²) in [7, 11) is 0. The number of thioether (sulfide) groups is 1. The van der Waals surface area contributed by atoms with E-state index in [2.05, 4.69) is 12.6 Å². The number of hydrogen-bond donors (Lipinski definition) is 4. The number of rotatable bonds is 10. The average Bonchev–Trinajstić information content (AvgIpc) is 2.80. The smallest absolute Gasteiger partial charge is 0.334 e. The zero-order valence-electron chi connectivity index (χ0n) is 22.0. The van der Waals surface area contributed by atoms with Crippen LogP contribution < -0.4 is 0 Å². The van der Waals surface area contributed by atoms with Crippen LogP contribution in [0.1, 0.15) is 66.2 Å². The van der Waals surface area contributed by atoms with E-state index in [0.29, 0.717) is 50.4 Å². The molecule has 11 heteroatoms. The van der Waals surface area contributed by atoms with Crippen molar-refractivity contribution in [1.82, 2.24) is 0 Å². The van der Waals surface area contributed by atoms with Gasteiger partial charge in [0.2, 0.25) is 0 Å². The number of allylic oxidation sites excluding steroid dienone is 4. The molecule has 2 aliphatic carbocycles. The standard InChI is InChI=1S/C13H18O4S.C10H14O3.C3H8O2S/c1-3-17-13(16)11-5-4-10(8-9(11)2)18-7-6-12(14)15;1-3-13-10(12)9-5-4-8(11)6-7(9)2;4-3(5)1-2-6/h8H,3-7H2,1-2H3,(H,14,15);6,9H,3-5H2,1-2H3;3-6H,1-2H2. The van der Waals surface area contributed by atoms with Gasteiger partial charge in [-0.05, 0) is 75.3 Å². The lowest BCUT2D eigenvalue weighted by Gasteiger charge is -2.18. The van der Waals surface area contributed by atoms with Gasteiger partial charge in [-0.25, -0.2) is 4.79 Å². The molecule has 0 bridgehead atoms. The molecule has 3 N–H and O–H groups in total. The van der Waals surface area contributed by atoms with E-state index in [1.165, 1.54) is 0 Å². The van der Waals surface area contributed by atoms with Crippen molar-refractivity contribution in [3.05, 3.63) is 33.8 Å². The van der Waals surface area contributed by atoms with Gasteiger partial charge in [0.15, 0.2) is 12.1 Å². The molecule has 2 aliphatic rings. The molecule has 210 valence electrons. The molecule has 0 radical (unpaired) electrons. The van der Waals surface area contributed by atoms with Gasteiger partial charge >= 0.3 is 17.9 Å². The second-order valence-corrected chi connectivity index (χ2v) is 9.84. The molecule has 1 unspecified atom stereocenters. The maximum atomic E-state index is 11.6. The molecule has 0 aromatic carbocycles. The first-order chi connectivity index (χ1) is 17.5. The Balaban J connectivity index is 0.000000594. The number of carbonyl (C=O) groups excluding carboxylic acids is 3. The monoisotopic (exact) mass is 560 g/mol. The maximum Gasteiger partial charge on any atom is 0.334 e. The van der Waals surface area contributed by atoms with Crippen molar-refractivity contribution in [2.75, 3.05) is 24.7 Å². The number of aliphatic hydroxyl groups is 2. The number of carboxylic acids is 1. The van der Waals surface area contributed by atoms with E-state index in [-0.39, 0.29) is 30.1 Å². The fraction of sp³-hybridized carbons (Fsp3) is 0.615. The summed E-state index contributed by atoms with van der Waals surface area (Å²) in [6.07, 6.45) is 5.36. The third-order valence-electron chi connectivity index (χ3n) is 5.18. The van der Waals surface area contributed by atoms with E-state index in [1.807, 2.05) is 13.0 Å². The molecule has 0 heterocycles. The highest BCUT2D eigenvalue weighted by molar-refractivity contribution is 8.03. The molecule has 0 aromatic heterocycles. The molecule has 0 saturated carbocycles. The van der Waals surface area contributed by atoms with Gasteiger partial charge in [0, 0.05) is 24.2 Å². The van der Waals surface area contributed by atoms with E-state index in [9.17, 15) is 19.2 Å².